The smallest absolute Gasteiger partial charge is 0.416 e. The second kappa shape index (κ2) is 4.51. The topological polar surface area (TPSA) is 35.5 Å². The van der Waals surface area contributed by atoms with Gasteiger partial charge in [-0.1, -0.05) is 0 Å². The lowest BCUT2D eigenvalue weighted by Crippen LogP contribution is -2.10. The van der Waals surface area contributed by atoms with Crippen LogP contribution in [0.3, 0.4) is 0 Å². The van der Waals surface area contributed by atoms with Crippen molar-refractivity contribution in [3.63, 3.8) is 0 Å². The summed E-state index contributed by atoms with van der Waals surface area (Å²) < 4.78 is 47.5. The van der Waals surface area contributed by atoms with E-state index in [9.17, 15) is 18.0 Å². The molecule has 0 fully saturated rings. The Morgan fingerprint density at radius 2 is 2.22 bits per heavy atom. The lowest BCUT2D eigenvalue weighted by molar-refractivity contribution is -0.141. The Labute approximate surface area is 102 Å². The van der Waals surface area contributed by atoms with Crippen molar-refractivity contribution in [2.45, 2.75) is 18.5 Å². The molecular formula is C12H11F3O3. The highest BCUT2D eigenvalue weighted by Crippen LogP contribution is 2.40. The van der Waals surface area contributed by atoms with Gasteiger partial charge in [-0.15, -0.1) is 0 Å². The summed E-state index contributed by atoms with van der Waals surface area (Å²) in [6, 6.07) is 3.30. The van der Waals surface area contributed by atoms with Gasteiger partial charge in [0.05, 0.1) is 25.7 Å². The maximum atomic E-state index is 12.6. The lowest BCUT2D eigenvalue weighted by Gasteiger charge is -2.10. The molecule has 3 nitrogen and oxygen atoms in total. The third-order valence-corrected chi connectivity index (χ3v) is 2.86. The molecule has 1 aromatic carbocycles. The highest BCUT2D eigenvalue weighted by molar-refractivity contribution is 5.71. The molecule has 0 saturated carbocycles. The fourth-order valence-corrected chi connectivity index (χ4v) is 1.91. The first kappa shape index (κ1) is 12.7. The molecule has 0 radical (unpaired) electrons. The Hall–Kier alpha value is -1.72. The van der Waals surface area contributed by atoms with Gasteiger partial charge in [-0.25, -0.2) is 0 Å². The van der Waals surface area contributed by atoms with Crippen molar-refractivity contribution in [1.29, 1.82) is 0 Å². The number of halogens is 3. The molecule has 0 unspecified atom stereocenters. The summed E-state index contributed by atoms with van der Waals surface area (Å²) in [6.07, 6.45) is -4.38. The number of fused-ring (bicyclic) bond motifs is 1. The molecule has 0 aromatic heterocycles. The molecule has 0 spiro atoms. The molecule has 1 aromatic rings. The van der Waals surface area contributed by atoms with Crippen LogP contribution >= 0.6 is 0 Å². The van der Waals surface area contributed by atoms with Gasteiger partial charge in [0.1, 0.15) is 5.75 Å². The molecule has 98 valence electrons. The Morgan fingerprint density at radius 1 is 1.50 bits per heavy atom. The summed E-state index contributed by atoms with van der Waals surface area (Å²) in [4.78, 5) is 11.2. The SMILES string of the molecule is COC(=O)C[C@H]1COc2ccc(C(F)(F)F)cc21. The monoisotopic (exact) mass is 260 g/mol. The molecule has 1 aliphatic rings. The number of esters is 1. The predicted octanol–water partition coefficient (Wildman–Crippen LogP) is 2.74. The number of alkyl halides is 3. The number of methoxy groups -OCH3 is 1. The van der Waals surface area contributed by atoms with Crippen LogP contribution in [0.2, 0.25) is 0 Å². The van der Waals surface area contributed by atoms with E-state index >= 15 is 0 Å². The van der Waals surface area contributed by atoms with Crippen LogP contribution in [0.4, 0.5) is 13.2 Å². The second-order valence-electron chi connectivity index (χ2n) is 4.04. The standard InChI is InChI=1S/C12H11F3O3/c1-17-11(16)4-7-6-18-10-3-2-8(5-9(7)10)12(13,14)15/h2-3,5,7H,4,6H2,1H3/t7-/m0/s1. The fourth-order valence-electron chi connectivity index (χ4n) is 1.91. The highest BCUT2D eigenvalue weighted by Gasteiger charge is 2.34. The van der Waals surface area contributed by atoms with Crippen LogP contribution in [-0.4, -0.2) is 19.7 Å². The number of rotatable bonds is 2. The minimum Gasteiger partial charge on any atom is -0.493 e. The summed E-state index contributed by atoms with van der Waals surface area (Å²) in [7, 11) is 1.24. The lowest BCUT2D eigenvalue weighted by atomic mass is 9.96. The molecule has 0 saturated heterocycles. The van der Waals surface area contributed by atoms with Crippen LogP contribution in [-0.2, 0) is 15.7 Å². The van der Waals surface area contributed by atoms with Gasteiger partial charge in [0.25, 0.3) is 0 Å². The molecule has 6 heteroatoms. The average Bonchev–Trinajstić information content (AvgIpc) is 2.70. The number of hydrogen-bond donors (Lipinski definition) is 0. The zero-order chi connectivity index (χ0) is 13.3. The third kappa shape index (κ3) is 2.42. The Morgan fingerprint density at radius 3 is 2.83 bits per heavy atom. The van der Waals surface area contributed by atoms with Crippen molar-refractivity contribution in [1.82, 2.24) is 0 Å². The summed E-state index contributed by atoms with van der Waals surface area (Å²) >= 11 is 0. The van der Waals surface area contributed by atoms with Crippen LogP contribution in [0.15, 0.2) is 18.2 Å². The number of hydrogen-bond acceptors (Lipinski definition) is 3. The van der Waals surface area contributed by atoms with E-state index in [2.05, 4.69) is 4.74 Å². The molecule has 18 heavy (non-hydrogen) atoms. The van der Waals surface area contributed by atoms with Gasteiger partial charge in [-0.2, -0.15) is 13.2 Å². The molecule has 1 heterocycles. The highest BCUT2D eigenvalue weighted by atomic mass is 19.4. The minimum absolute atomic E-state index is 0.0187. The molecule has 0 amide bonds. The van der Waals surface area contributed by atoms with Crippen LogP contribution in [0, 0.1) is 0 Å². The summed E-state index contributed by atoms with van der Waals surface area (Å²) in [5.74, 6) is -0.444. The van der Waals surface area contributed by atoms with Gasteiger partial charge in [0, 0.05) is 11.5 Å². The van der Waals surface area contributed by atoms with E-state index in [0.29, 0.717) is 11.3 Å². The first-order valence-electron chi connectivity index (χ1n) is 5.32. The summed E-state index contributed by atoms with van der Waals surface area (Å²) in [5, 5.41) is 0. The van der Waals surface area contributed by atoms with Gasteiger partial charge < -0.3 is 9.47 Å². The van der Waals surface area contributed by atoms with Gasteiger partial charge >= 0.3 is 12.1 Å². The van der Waals surface area contributed by atoms with E-state index in [-0.39, 0.29) is 18.9 Å². The average molecular weight is 260 g/mol. The van der Waals surface area contributed by atoms with E-state index in [0.717, 1.165) is 12.1 Å². The van der Waals surface area contributed by atoms with Crippen molar-refractivity contribution in [3.8, 4) is 5.75 Å². The third-order valence-electron chi connectivity index (χ3n) is 2.86. The van der Waals surface area contributed by atoms with Gasteiger partial charge in [0.2, 0.25) is 0 Å². The van der Waals surface area contributed by atoms with Crippen molar-refractivity contribution in [2.75, 3.05) is 13.7 Å². The molecule has 1 aliphatic heterocycles. The van der Waals surface area contributed by atoms with Gasteiger partial charge in [0.15, 0.2) is 0 Å². The molecule has 0 N–H and O–H groups in total. The van der Waals surface area contributed by atoms with Crippen molar-refractivity contribution >= 4 is 5.97 Å². The Kier molecular flexibility index (Phi) is 3.19. The number of carbonyl (C=O) groups is 1. The molecule has 0 bridgehead atoms. The summed E-state index contributed by atoms with van der Waals surface area (Å²) in [6.45, 7) is 0.200. The maximum absolute atomic E-state index is 12.6. The van der Waals surface area contributed by atoms with E-state index < -0.39 is 17.7 Å². The zero-order valence-electron chi connectivity index (χ0n) is 9.58. The number of ether oxygens (including phenoxy) is 2. The van der Waals surface area contributed by atoms with E-state index in [1.165, 1.54) is 13.2 Å². The van der Waals surface area contributed by atoms with E-state index in [1.807, 2.05) is 0 Å². The Balaban J connectivity index is 2.28. The molecular weight excluding hydrogens is 249 g/mol. The normalized spacial score (nSPS) is 18.1. The predicted molar refractivity (Wildman–Crippen MR) is 56.3 cm³/mol. The van der Waals surface area contributed by atoms with Gasteiger partial charge in [-0.3, -0.25) is 4.79 Å². The fraction of sp³-hybridized carbons (Fsp3) is 0.417. The molecule has 0 aliphatic carbocycles. The second-order valence-corrected chi connectivity index (χ2v) is 4.04. The van der Waals surface area contributed by atoms with Crippen LogP contribution in [0.25, 0.3) is 0 Å². The largest absolute Gasteiger partial charge is 0.493 e. The zero-order valence-corrected chi connectivity index (χ0v) is 9.58. The molecule has 1 atom stereocenters. The quantitative estimate of drug-likeness (QED) is 0.767. The van der Waals surface area contributed by atoms with Crippen LogP contribution < -0.4 is 4.74 Å². The van der Waals surface area contributed by atoms with Crippen LogP contribution in [0.1, 0.15) is 23.5 Å². The van der Waals surface area contributed by atoms with Crippen molar-refractivity contribution in [2.24, 2.45) is 0 Å². The summed E-state index contributed by atoms with van der Waals surface area (Å²) in [5.41, 5.74) is -0.322. The minimum atomic E-state index is -4.40. The van der Waals surface area contributed by atoms with E-state index in [1.54, 1.807) is 0 Å². The number of carbonyl (C=O) groups excluding carboxylic acids is 1. The van der Waals surface area contributed by atoms with Crippen molar-refractivity contribution < 1.29 is 27.4 Å². The van der Waals surface area contributed by atoms with E-state index in [4.69, 9.17) is 4.74 Å². The van der Waals surface area contributed by atoms with Gasteiger partial charge in [-0.05, 0) is 18.2 Å². The first-order valence-corrected chi connectivity index (χ1v) is 5.32. The Bertz CT molecular complexity index is 468. The van der Waals surface area contributed by atoms with Crippen LogP contribution in [0.5, 0.6) is 5.75 Å². The maximum Gasteiger partial charge on any atom is 0.416 e. The first-order chi connectivity index (χ1) is 8.41. The number of benzene rings is 1. The molecule has 2 rings (SSSR count). The van der Waals surface area contributed by atoms with Crippen molar-refractivity contribution in [3.05, 3.63) is 29.3 Å².